The molecule has 0 aromatic carbocycles. The number of nitrogens with zero attached hydrogens (tertiary/aromatic N) is 2. The van der Waals surface area contributed by atoms with Gasteiger partial charge in [0.2, 0.25) is 0 Å². The molecule has 0 fully saturated rings. The van der Waals surface area contributed by atoms with E-state index in [4.69, 9.17) is 4.74 Å². The maximum Gasteiger partial charge on any atom is 0.410 e. The molecule has 1 aromatic rings. The third kappa shape index (κ3) is 2.94. The first-order valence-corrected chi connectivity index (χ1v) is 6.33. The Morgan fingerprint density at radius 2 is 2.21 bits per heavy atom. The quantitative estimate of drug-likeness (QED) is 0.770. The van der Waals surface area contributed by atoms with Gasteiger partial charge in [-0.3, -0.25) is 4.79 Å². The first-order chi connectivity index (χ1) is 8.78. The number of carbonyl (C=O) groups excluding carboxylic acids is 1. The van der Waals surface area contributed by atoms with Gasteiger partial charge in [0.05, 0.1) is 24.1 Å². The Morgan fingerprint density at radius 1 is 1.53 bits per heavy atom. The lowest BCUT2D eigenvalue weighted by Crippen LogP contribution is -2.47. The summed E-state index contributed by atoms with van der Waals surface area (Å²) in [5, 5.41) is 0. The van der Waals surface area contributed by atoms with Gasteiger partial charge in [0.15, 0.2) is 0 Å². The monoisotopic (exact) mass is 265 g/mol. The van der Waals surface area contributed by atoms with Crippen LogP contribution in [0.25, 0.3) is 0 Å². The van der Waals surface area contributed by atoms with Crippen LogP contribution in [0.5, 0.6) is 0 Å². The van der Waals surface area contributed by atoms with Gasteiger partial charge < -0.3 is 14.6 Å². The summed E-state index contributed by atoms with van der Waals surface area (Å²) in [5.74, 6) is 0. The number of aromatic nitrogens is 2. The number of aromatic amines is 1. The average molecular weight is 265 g/mol. The van der Waals surface area contributed by atoms with E-state index >= 15 is 0 Å². The molecule has 6 nitrogen and oxygen atoms in total. The molecule has 104 valence electrons. The van der Waals surface area contributed by atoms with Crippen LogP contribution in [0.3, 0.4) is 0 Å². The fourth-order valence-electron chi connectivity index (χ4n) is 2.09. The Balaban J connectivity index is 2.24. The summed E-state index contributed by atoms with van der Waals surface area (Å²) in [7, 11) is 0. The highest BCUT2D eigenvalue weighted by atomic mass is 16.6. The molecule has 2 rings (SSSR count). The van der Waals surface area contributed by atoms with Gasteiger partial charge in [-0.2, -0.15) is 0 Å². The van der Waals surface area contributed by atoms with E-state index in [0.717, 1.165) is 5.69 Å². The molecule has 19 heavy (non-hydrogen) atoms. The lowest BCUT2D eigenvalue weighted by molar-refractivity contribution is 0.0135. The van der Waals surface area contributed by atoms with Crippen molar-refractivity contribution in [3.05, 3.63) is 27.9 Å². The molecule has 0 saturated heterocycles. The summed E-state index contributed by atoms with van der Waals surface area (Å²) in [5.41, 5.74) is 0.575. The molecule has 1 aliphatic heterocycles. The second-order valence-corrected chi connectivity index (χ2v) is 5.82. The zero-order valence-corrected chi connectivity index (χ0v) is 11.7. The molecule has 2 heterocycles. The number of nitrogens with one attached hydrogen (secondary N) is 1. The van der Waals surface area contributed by atoms with Gasteiger partial charge in [-0.15, -0.1) is 0 Å². The van der Waals surface area contributed by atoms with E-state index in [2.05, 4.69) is 9.97 Å². The molecule has 0 radical (unpaired) electrons. The van der Waals surface area contributed by atoms with E-state index < -0.39 is 11.7 Å². The van der Waals surface area contributed by atoms with Crippen molar-refractivity contribution < 1.29 is 9.53 Å². The minimum absolute atomic E-state index is 0.0309. The van der Waals surface area contributed by atoms with Crippen LogP contribution < -0.4 is 5.56 Å². The number of H-pyrrole nitrogens is 1. The van der Waals surface area contributed by atoms with Crippen LogP contribution in [0.1, 0.15) is 39.0 Å². The van der Waals surface area contributed by atoms with Crippen LogP contribution in [0.4, 0.5) is 4.79 Å². The van der Waals surface area contributed by atoms with E-state index in [1.54, 1.807) is 4.90 Å². The Bertz CT molecular complexity index is 545. The minimum atomic E-state index is -0.543. The van der Waals surface area contributed by atoms with Crippen LogP contribution in [0, 0.1) is 0 Å². The van der Waals surface area contributed by atoms with Crippen LogP contribution in [0.15, 0.2) is 11.1 Å². The SMILES string of the molecule is CC1Cc2nc[nH]c(=O)c2CN1C(=O)OC(C)(C)C. The van der Waals surface area contributed by atoms with E-state index in [0.29, 0.717) is 12.0 Å². The zero-order chi connectivity index (χ0) is 14.2. The molecule has 0 aliphatic carbocycles. The van der Waals surface area contributed by atoms with Gasteiger partial charge in [-0.25, -0.2) is 9.78 Å². The summed E-state index contributed by atoms with van der Waals surface area (Å²) in [4.78, 5) is 32.1. The Hall–Kier alpha value is -1.85. The summed E-state index contributed by atoms with van der Waals surface area (Å²) >= 11 is 0. The van der Waals surface area contributed by atoms with Gasteiger partial charge in [0, 0.05) is 12.5 Å². The molecular formula is C13H19N3O3. The fourth-order valence-corrected chi connectivity index (χ4v) is 2.09. The standard InChI is InChI=1S/C13H19N3O3/c1-8-5-10-9(11(17)15-7-14-10)6-16(8)12(18)19-13(2,3)4/h7-8H,5-6H2,1-4H3,(H,14,15,17). The lowest BCUT2D eigenvalue weighted by Gasteiger charge is -2.34. The van der Waals surface area contributed by atoms with Gasteiger partial charge >= 0.3 is 6.09 Å². The normalized spacial score (nSPS) is 18.9. The Morgan fingerprint density at radius 3 is 2.84 bits per heavy atom. The van der Waals surface area contributed by atoms with Crippen molar-refractivity contribution in [1.82, 2.24) is 14.9 Å². The zero-order valence-electron chi connectivity index (χ0n) is 11.7. The van der Waals surface area contributed by atoms with Crippen molar-refractivity contribution in [3.63, 3.8) is 0 Å². The van der Waals surface area contributed by atoms with Gasteiger partial charge in [0.1, 0.15) is 5.60 Å². The predicted molar refractivity (Wildman–Crippen MR) is 69.8 cm³/mol. The molecule has 1 aromatic heterocycles. The van der Waals surface area contributed by atoms with Gasteiger partial charge in [-0.1, -0.05) is 0 Å². The molecule has 1 unspecified atom stereocenters. The second-order valence-electron chi connectivity index (χ2n) is 5.82. The van der Waals surface area contributed by atoms with Gasteiger partial charge in [-0.05, 0) is 27.7 Å². The van der Waals surface area contributed by atoms with Crippen LogP contribution in [-0.2, 0) is 17.7 Å². The first-order valence-electron chi connectivity index (χ1n) is 6.33. The van der Waals surface area contributed by atoms with Crippen molar-refractivity contribution in [1.29, 1.82) is 0 Å². The van der Waals surface area contributed by atoms with E-state index in [1.165, 1.54) is 6.33 Å². The highest BCUT2D eigenvalue weighted by molar-refractivity contribution is 5.69. The molecule has 1 amide bonds. The van der Waals surface area contributed by atoms with E-state index in [1.807, 2.05) is 27.7 Å². The third-order valence-corrected chi connectivity index (χ3v) is 3.02. The number of fused-ring (bicyclic) bond motifs is 1. The first kappa shape index (κ1) is 13.6. The minimum Gasteiger partial charge on any atom is -0.444 e. The van der Waals surface area contributed by atoms with Crippen molar-refractivity contribution in [2.24, 2.45) is 0 Å². The number of ether oxygens (including phenoxy) is 1. The number of hydrogen-bond acceptors (Lipinski definition) is 4. The maximum atomic E-state index is 12.1. The Labute approximate surface area is 111 Å². The van der Waals surface area contributed by atoms with Crippen LogP contribution in [-0.4, -0.2) is 32.6 Å². The molecule has 0 bridgehead atoms. The molecule has 0 spiro atoms. The molecule has 1 atom stereocenters. The number of carbonyl (C=O) groups is 1. The summed E-state index contributed by atoms with van der Waals surface area (Å²) in [6.07, 6.45) is 1.57. The van der Waals surface area contributed by atoms with Crippen molar-refractivity contribution in [2.75, 3.05) is 0 Å². The average Bonchev–Trinajstić information content (AvgIpc) is 2.26. The summed E-state index contributed by atoms with van der Waals surface area (Å²) in [6, 6.07) is -0.0309. The van der Waals surface area contributed by atoms with Crippen molar-refractivity contribution in [2.45, 2.75) is 52.3 Å². The predicted octanol–water partition coefficient (Wildman–Crippen LogP) is 1.45. The highest BCUT2D eigenvalue weighted by Gasteiger charge is 2.32. The van der Waals surface area contributed by atoms with Crippen molar-refractivity contribution in [3.8, 4) is 0 Å². The molecule has 1 aliphatic rings. The molecule has 6 heteroatoms. The van der Waals surface area contributed by atoms with Gasteiger partial charge in [0.25, 0.3) is 5.56 Å². The summed E-state index contributed by atoms with van der Waals surface area (Å²) in [6.45, 7) is 7.63. The molecular weight excluding hydrogens is 246 g/mol. The van der Waals surface area contributed by atoms with Crippen molar-refractivity contribution >= 4 is 6.09 Å². The maximum absolute atomic E-state index is 12.1. The summed E-state index contributed by atoms with van der Waals surface area (Å²) < 4.78 is 5.36. The number of rotatable bonds is 0. The van der Waals surface area contributed by atoms with E-state index in [-0.39, 0.29) is 18.1 Å². The second kappa shape index (κ2) is 4.68. The molecule has 1 N–H and O–H groups in total. The fraction of sp³-hybridized carbons (Fsp3) is 0.615. The van der Waals surface area contributed by atoms with Crippen LogP contribution in [0.2, 0.25) is 0 Å². The number of hydrogen-bond donors (Lipinski definition) is 1. The Kier molecular flexibility index (Phi) is 3.34. The highest BCUT2D eigenvalue weighted by Crippen LogP contribution is 2.21. The topological polar surface area (TPSA) is 75.3 Å². The van der Waals surface area contributed by atoms with Crippen LogP contribution >= 0.6 is 0 Å². The largest absolute Gasteiger partial charge is 0.444 e. The smallest absolute Gasteiger partial charge is 0.410 e. The number of amides is 1. The molecule has 0 saturated carbocycles. The third-order valence-electron chi connectivity index (χ3n) is 3.02. The lowest BCUT2D eigenvalue weighted by atomic mass is 10.0. The van der Waals surface area contributed by atoms with E-state index in [9.17, 15) is 9.59 Å².